The maximum atomic E-state index is 13.0. The summed E-state index contributed by atoms with van der Waals surface area (Å²) >= 11 is 0. The number of rotatable bonds is 4. The van der Waals surface area contributed by atoms with E-state index in [9.17, 15) is 9.50 Å². The second-order valence-corrected chi connectivity index (χ2v) is 4.53. The zero-order valence-electron chi connectivity index (χ0n) is 11.1. The molecule has 0 bridgehead atoms. The summed E-state index contributed by atoms with van der Waals surface area (Å²) in [5, 5.41) is 10.3. The highest BCUT2D eigenvalue weighted by molar-refractivity contribution is 5.37. The van der Waals surface area contributed by atoms with Gasteiger partial charge < -0.3 is 9.84 Å². The molecule has 0 spiro atoms. The number of para-hydroxylation sites is 1. The van der Waals surface area contributed by atoms with E-state index in [0.29, 0.717) is 12.2 Å². The molecule has 0 aliphatic heterocycles. The number of aliphatic hydroxyl groups is 1. The second-order valence-electron chi connectivity index (χ2n) is 4.53. The van der Waals surface area contributed by atoms with E-state index >= 15 is 0 Å². The van der Waals surface area contributed by atoms with Crippen LogP contribution in [0, 0.1) is 12.7 Å². The fourth-order valence-electron chi connectivity index (χ4n) is 2.15. The molecule has 0 heterocycles. The lowest BCUT2D eigenvalue weighted by molar-refractivity contribution is 0.174. The molecule has 1 unspecified atom stereocenters. The lowest BCUT2D eigenvalue weighted by Gasteiger charge is -2.16. The van der Waals surface area contributed by atoms with Crippen molar-refractivity contribution in [3.05, 3.63) is 65.0 Å². The Balaban J connectivity index is 2.23. The second kappa shape index (κ2) is 5.85. The highest BCUT2D eigenvalue weighted by Crippen LogP contribution is 2.28. The maximum absolute atomic E-state index is 13.0. The van der Waals surface area contributed by atoms with Gasteiger partial charge in [-0.3, -0.25) is 0 Å². The van der Waals surface area contributed by atoms with Crippen molar-refractivity contribution in [1.29, 1.82) is 0 Å². The normalized spacial score (nSPS) is 12.2. The van der Waals surface area contributed by atoms with E-state index in [1.54, 1.807) is 13.2 Å². The van der Waals surface area contributed by atoms with Gasteiger partial charge in [-0.2, -0.15) is 0 Å². The third kappa shape index (κ3) is 3.12. The summed E-state index contributed by atoms with van der Waals surface area (Å²) < 4.78 is 18.3. The predicted molar refractivity (Wildman–Crippen MR) is 72.8 cm³/mol. The van der Waals surface area contributed by atoms with Crippen LogP contribution in [-0.2, 0) is 6.42 Å². The number of methoxy groups -OCH3 is 1. The minimum absolute atomic E-state index is 0.256. The first-order valence-electron chi connectivity index (χ1n) is 6.18. The number of aliphatic hydroxyl groups excluding tert-OH is 1. The van der Waals surface area contributed by atoms with Crippen molar-refractivity contribution < 1.29 is 14.2 Å². The molecule has 0 saturated carbocycles. The number of ether oxygens (including phenoxy) is 1. The number of aryl methyl sites for hydroxylation is 1. The Hall–Kier alpha value is -1.87. The summed E-state index contributed by atoms with van der Waals surface area (Å²) in [4.78, 5) is 0. The van der Waals surface area contributed by atoms with Crippen molar-refractivity contribution >= 4 is 0 Å². The largest absolute Gasteiger partial charge is 0.496 e. The average molecular weight is 260 g/mol. The molecule has 0 aliphatic carbocycles. The van der Waals surface area contributed by atoms with E-state index in [4.69, 9.17) is 4.74 Å². The van der Waals surface area contributed by atoms with E-state index in [0.717, 1.165) is 16.7 Å². The van der Waals surface area contributed by atoms with E-state index in [1.165, 1.54) is 12.1 Å². The van der Waals surface area contributed by atoms with Crippen LogP contribution in [0.15, 0.2) is 42.5 Å². The standard InChI is InChI=1S/C16H17FO2/c1-11-9-13(17)8-7-12(11)10-15(18)14-5-3-4-6-16(14)19-2/h3-9,15,18H,10H2,1-2H3. The molecule has 2 nitrogen and oxygen atoms in total. The van der Waals surface area contributed by atoms with Gasteiger partial charge >= 0.3 is 0 Å². The zero-order chi connectivity index (χ0) is 13.8. The third-order valence-corrected chi connectivity index (χ3v) is 3.22. The van der Waals surface area contributed by atoms with Gasteiger partial charge in [0.05, 0.1) is 13.2 Å². The molecule has 2 aromatic rings. The van der Waals surface area contributed by atoms with Crippen LogP contribution in [0.5, 0.6) is 5.75 Å². The molecular weight excluding hydrogens is 243 g/mol. The van der Waals surface area contributed by atoms with Crippen LogP contribution in [0.2, 0.25) is 0 Å². The molecule has 100 valence electrons. The first-order valence-corrected chi connectivity index (χ1v) is 6.18. The van der Waals surface area contributed by atoms with E-state index < -0.39 is 6.10 Å². The minimum atomic E-state index is -0.666. The lowest BCUT2D eigenvalue weighted by Crippen LogP contribution is -2.05. The van der Waals surface area contributed by atoms with Crippen molar-refractivity contribution in [3.8, 4) is 5.75 Å². The molecule has 3 heteroatoms. The molecule has 1 N–H and O–H groups in total. The van der Waals surface area contributed by atoms with Gasteiger partial charge in [-0.15, -0.1) is 0 Å². The van der Waals surface area contributed by atoms with Crippen LogP contribution in [-0.4, -0.2) is 12.2 Å². The van der Waals surface area contributed by atoms with E-state index in [2.05, 4.69) is 0 Å². The quantitative estimate of drug-likeness (QED) is 0.912. The Morgan fingerprint density at radius 2 is 1.95 bits per heavy atom. The number of halogens is 1. The van der Waals surface area contributed by atoms with Gasteiger partial charge in [-0.25, -0.2) is 4.39 Å². The molecule has 0 radical (unpaired) electrons. The van der Waals surface area contributed by atoms with Crippen molar-refractivity contribution in [3.63, 3.8) is 0 Å². The van der Waals surface area contributed by atoms with Gasteiger partial charge in [0.1, 0.15) is 11.6 Å². The Labute approximate surface area is 112 Å². The van der Waals surface area contributed by atoms with Crippen LogP contribution in [0.25, 0.3) is 0 Å². The lowest BCUT2D eigenvalue weighted by atomic mass is 9.97. The van der Waals surface area contributed by atoms with Crippen molar-refractivity contribution in [2.45, 2.75) is 19.4 Å². The highest BCUT2D eigenvalue weighted by atomic mass is 19.1. The summed E-state index contributed by atoms with van der Waals surface area (Å²) in [5.74, 6) is 0.405. The number of benzene rings is 2. The molecular formula is C16H17FO2. The molecule has 0 amide bonds. The fraction of sp³-hybridized carbons (Fsp3) is 0.250. The first-order chi connectivity index (χ1) is 9.11. The van der Waals surface area contributed by atoms with Crippen LogP contribution in [0.4, 0.5) is 4.39 Å². The SMILES string of the molecule is COc1ccccc1C(O)Cc1ccc(F)cc1C. The van der Waals surface area contributed by atoms with Gasteiger partial charge in [0, 0.05) is 12.0 Å². The summed E-state index contributed by atoms with van der Waals surface area (Å²) in [6.07, 6.45) is -0.229. The van der Waals surface area contributed by atoms with Crippen LogP contribution >= 0.6 is 0 Å². The summed E-state index contributed by atoms with van der Waals surface area (Å²) in [5.41, 5.74) is 2.52. The van der Waals surface area contributed by atoms with E-state index in [-0.39, 0.29) is 5.82 Å². The predicted octanol–water partition coefficient (Wildman–Crippen LogP) is 3.42. The van der Waals surface area contributed by atoms with Crippen molar-refractivity contribution in [2.24, 2.45) is 0 Å². The van der Waals surface area contributed by atoms with Gasteiger partial charge in [-0.05, 0) is 36.2 Å². The number of hydrogen-bond acceptors (Lipinski definition) is 2. The number of hydrogen-bond donors (Lipinski definition) is 1. The summed E-state index contributed by atoms with van der Waals surface area (Å²) in [7, 11) is 1.58. The monoisotopic (exact) mass is 260 g/mol. The molecule has 0 aliphatic rings. The molecule has 0 aromatic heterocycles. The Kier molecular flexibility index (Phi) is 4.17. The smallest absolute Gasteiger partial charge is 0.124 e. The third-order valence-electron chi connectivity index (χ3n) is 3.22. The molecule has 19 heavy (non-hydrogen) atoms. The molecule has 2 rings (SSSR count). The highest BCUT2D eigenvalue weighted by Gasteiger charge is 2.14. The van der Waals surface area contributed by atoms with Gasteiger partial charge in [0.25, 0.3) is 0 Å². The van der Waals surface area contributed by atoms with Crippen LogP contribution in [0.3, 0.4) is 0 Å². The molecule has 1 atom stereocenters. The Morgan fingerprint density at radius 1 is 1.21 bits per heavy atom. The molecule has 0 saturated heterocycles. The van der Waals surface area contributed by atoms with Crippen molar-refractivity contribution in [2.75, 3.05) is 7.11 Å². The summed E-state index contributed by atoms with van der Waals surface area (Å²) in [6, 6.07) is 12.0. The van der Waals surface area contributed by atoms with E-state index in [1.807, 2.05) is 31.2 Å². The Morgan fingerprint density at radius 3 is 2.63 bits per heavy atom. The first kappa shape index (κ1) is 13.6. The van der Waals surface area contributed by atoms with Crippen molar-refractivity contribution in [1.82, 2.24) is 0 Å². The van der Waals surface area contributed by atoms with Gasteiger partial charge in [0.15, 0.2) is 0 Å². The van der Waals surface area contributed by atoms with Gasteiger partial charge in [-0.1, -0.05) is 24.3 Å². The minimum Gasteiger partial charge on any atom is -0.496 e. The van der Waals surface area contributed by atoms with Crippen LogP contribution in [0.1, 0.15) is 22.8 Å². The molecule has 0 fully saturated rings. The summed E-state index contributed by atoms with van der Waals surface area (Å²) in [6.45, 7) is 1.84. The average Bonchev–Trinajstić information content (AvgIpc) is 2.41. The zero-order valence-corrected chi connectivity index (χ0v) is 11.1. The fourth-order valence-corrected chi connectivity index (χ4v) is 2.15. The Bertz CT molecular complexity index is 566. The maximum Gasteiger partial charge on any atom is 0.124 e. The molecule has 2 aromatic carbocycles. The van der Waals surface area contributed by atoms with Gasteiger partial charge in [0.2, 0.25) is 0 Å². The van der Waals surface area contributed by atoms with Crippen LogP contribution < -0.4 is 4.74 Å². The topological polar surface area (TPSA) is 29.5 Å².